The molecule has 0 saturated carbocycles. The highest BCUT2D eigenvalue weighted by molar-refractivity contribution is 5.91. The van der Waals surface area contributed by atoms with Crippen LogP contribution in [-0.4, -0.2) is 32.6 Å². The monoisotopic (exact) mass is 249 g/mol. The molecule has 0 bridgehead atoms. The van der Waals surface area contributed by atoms with E-state index in [2.05, 4.69) is 11.3 Å². The Balaban J connectivity index is 2.56. The predicted molar refractivity (Wildman–Crippen MR) is 67.3 cm³/mol. The average molecular weight is 249 g/mol. The second-order valence-corrected chi connectivity index (χ2v) is 3.67. The Hall–Kier alpha value is -2.30. The van der Waals surface area contributed by atoms with Crippen molar-refractivity contribution < 1.29 is 19.1 Å². The van der Waals surface area contributed by atoms with Crippen molar-refractivity contribution in [3.63, 3.8) is 0 Å². The largest absolute Gasteiger partial charge is 0.450 e. The molecule has 5 nitrogen and oxygen atoms in total. The van der Waals surface area contributed by atoms with Gasteiger partial charge in [-0.3, -0.25) is 0 Å². The Morgan fingerprint density at radius 1 is 1.28 bits per heavy atom. The molecule has 1 aromatic carbocycles. The Morgan fingerprint density at radius 2 is 1.89 bits per heavy atom. The third-order valence-electron chi connectivity index (χ3n) is 2.16. The van der Waals surface area contributed by atoms with E-state index in [4.69, 9.17) is 4.74 Å². The van der Waals surface area contributed by atoms with E-state index in [1.807, 2.05) is 19.0 Å². The molecule has 0 atom stereocenters. The van der Waals surface area contributed by atoms with Crippen molar-refractivity contribution >= 4 is 17.6 Å². The summed E-state index contributed by atoms with van der Waals surface area (Å²) < 4.78 is 9.19. The lowest BCUT2D eigenvalue weighted by Crippen LogP contribution is -2.15. The van der Waals surface area contributed by atoms with Crippen LogP contribution >= 0.6 is 0 Å². The van der Waals surface area contributed by atoms with Crippen molar-refractivity contribution in [3.8, 4) is 0 Å². The van der Waals surface area contributed by atoms with Crippen molar-refractivity contribution in [2.75, 3.05) is 25.6 Å². The van der Waals surface area contributed by atoms with Crippen LogP contribution in [0.2, 0.25) is 0 Å². The number of rotatable bonds is 5. The van der Waals surface area contributed by atoms with Gasteiger partial charge < -0.3 is 14.4 Å². The summed E-state index contributed by atoms with van der Waals surface area (Å²) in [5.41, 5.74) is 1.35. The molecule has 18 heavy (non-hydrogen) atoms. The highest BCUT2D eigenvalue weighted by Gasteiger charge is 2.10. The van der Waals surface area contributed by atoms with Crippen molar-refractivity contribution in [1.29, 1.82) is 0 Å². The van der Waals surface area contributed by atoms with Crippen LogP contribution in [0.5, 0.6) is 0 Å². The molecule has 0 aromatic heterocycles. The second kappa shape index (κ2) is 6.44. The van der Waals surface area contributed by atoms with Crippen LogP contribution in [0.1, 0.15) is 10.4 Å². The van der Waals surface area contributed by atoms with Crippen molar-refractivity contribution in [2.24, 2.45) is 0 Å². The molecule has 5 heteroatoms. The zero-order valence-electron chi connectivity index (χ0n) is 10.4. The summed E-state index contributed by atoms with van der Waals surface area (Å²) in [6.07, 6.45) is 0.988. The molecule has 0 aliphatic rings. The number of ether oxygens (including phenoxy) is 2. The summed E-state index contributed by atoms with van der Waals surface area (Å²) in [6, 6.07) is 6.85. The lowest BCUT2D eigenvalue weighted by molar-refractivity contribution is -0.141. The van der Waals surface area contributed by atoms with Crippen molar-refractivity contribution in [3.05, 3.63) is 42.7 Å². The third-order valence-corrected chi connectivity index (χ3v) is 2.16. The van der Waals surface area contributed by atoms with Gasteiger partial charge >= 0.3 is 11.9 Å². The molecule has 0 aliphatic heterocycles. The van der Waals surface area contributed by atoms with E-state index >= 15 is 0 Å². The molecule has 0 aliphatic carbocycles. The highest BCUT2D eigenvalue weighted by Crippen LogP contribution is 2.12. The van der Waals surface area contributed by atoms with Gasteiger partial charge in [-0.05, 0) is 24.3 Å². The Kier molecular flexibility index (Phi) is 4.92. The topological polar surface area (TPSA) is 55.8 Å². The number of carbonyl (C=O) groups excluding carboxylic acids is 2. The third kappa shape index (κ3) is 3.93. The number of benzene rings is 1. The number of carbonyl (C=O) groups is 2. The molecular weight excluding hydrogens is 234 g/mol. The molecule has 1 aromatic rings. The summed E-state index contributed by atoms with van der Waals surface area (Å²) in [4.78, 5) is 24.4. The maximum Gasteiger partial charge on any atom is 0.349 e. The summed E-state index contributed by atoms with van der Waals surface area (Å²) in [6.45, 7) is 2.79. The first-order valence-electron chi connectivity index (χ1n) is 5.29. The smallest absolute Gasteiger partial charge is 0.349 e. The molecular formula is C13H15NO4. The lowest BCUT2D eigenvalue weighted by atomic mass is 10.2. The lowest BCUT2D eigenvalue weighted by Gasteiger charge is -2.12. The van der Waals surface area contributed by atoms with Gasteiger partial charge in [0.05, 0.1) is 11.8 Å². The van der Waals surface area contributed by atoms with Gasteiger partial charge in [0, 0.05) is 19.8 Å². The first-order chi connectivity index (χ1) is 8.54. The maximum absolute atomic E-state index is 11.6. The normalized spacial score (nSPS) is 9.44. The second-order valence-electron chi connectivity index (χ2n) is 3.67. The van der Waals surface area contributed by atoms with Gasteiger partial charge in [-0.2, -0.15) is 0 Å². The molecule has 0 radical (unpaired) electrons. The van der Waals surface area contributed by atoms with Crippen LogP contribution in [0, 0.1) is 0 Å². The maximum atomic E-state index is 11.6. The number of esters is 2. The molecule has 0 heterocycles. The minimum absolute atomic E-state index is 0.381. The molecule has 1 rings (SSSR count). The predicted octanol–water partition coefficient (Wildman–Crippen LogP) is 1.60. The Morgan fingerprint density at radius 3 is 2.39 bits per heavy atom. The van der Waals surface area contributed by atoms with Gasteiger partial charge in [0.2, 0.25) is 0 Å². The van der Waals surface area contributed by atoms with Gasteiger partial charge in [0.15, 0.2) is 6.61 Å². The minimum atomic E-state index is -0.664. The van der Waals surface area contributed by atoms with Gasteiger partial charge in [0.25, 0.3) is 0 Å². The van der Waals surface area contributed by atoms with Crippen molar-refractivity contribution in [1.82, 2.24) is 0 Å². The summed E-state index contributed by atoms with van der Waals surface area (Å²) >= 11 is 0. The van der Waals surface area contributed by atoms with Crippen LogP contribution in [0.3, 0.4) is 0 Å². The van der Waals surface area contributed by atoms with E-state index in [1.165, 1.54) is 0 Å². The molecule has 0 amide bonds. The summed E-state index contributed by atoms with van der Waals surface area (Å²) in [5, 5.41) is 0. The molecule has 0 unspecified atom stereocenters. The van der Waals surface area contributed by atoms with E-state index in [-0.39, 0.29) is 0 Å². The fourth-order valence-electron chi connectivity index (χ4n) is 1.23. The zero-order valence-corrected chi connectivity index (χ0v) is 10.4. The van der Waals surface area contributed by atoms with E-state index in [0.29, 0.717) is 5.56 Å². The average Bonchev–Trinajstić information content (AvgIpc) is 2.36. The molecule has 96 valence electrons. The van der Waals surface area contributed by atoms with Gasteiger partial charge in [0.1, 0.15) is 0 Å². The Labute approximate surface area is 106 Å². The van der Waals surface area contributed by atoms with Gasteiger partial charge in [-0.25, -0.2) is 9.59 Å². The number of anilines is 1. The Bertz CT molecular complexity index is 437. The standard InChI is InChI=1S/C13H15NO4/c1-4-17-12(15)9-18-13(16)10-5-7-11(8-6-10)14(2)3/h4-8H,1,9H2,2-3H3. The molecule has 0 saturated heterocycles. The minimum Gasteiger partial charge on any atom is -0.450 e. The van der Waals surface area contributed by atoms with Crippen LogP contribution in [0.25, 0.3) is 0 Å². The quantitative estimate of drug-likeness (QED) is 0.586. The highest BCUT2D eigenvalue weighted by atomic mass is 16.6. The molecule has 0 spiro atoms. The number of hydrogen-bond acceptors (Lipinski definition) is 5. The van der Waals surface area contributed by atoms with Gasteiger partial charge in [-0.15, -0.1) is 0 Å². The fraction of sp³-hybridized carbons (Fsp3) is 0.231. The van der Waals surface area contributed by atoms with Crippen molar-refractivity contribution in [2.45, 2.75) is 0 Å². The van der Waals surface area contributed by atoms with Crippen LogP contribution < -0.4 is 4.90 Å². The van der Waals surface area contributed by atoms with E-state index in [9.17, 15) is 9.59 Å². The summed E-state index contributed by atoms with van der Waals surface area (Å²) in [5.74, 6) is -1.23. The SMILES string of the molecule is C=COC(=O)COC(=O)c1ccc(N(C)C)cc1. The summed E-state index contributed by atoms with van der Waals surface area (Å²) in [7, 11) is 3.80. The fourth-order valence-corrected chi connectivity index (χ4v) is 1.23. The van der Waals surface area contributed by atoms with Crippen LogP contribution in [-0.2, 0) is 14.3 Å². The van der Waals surface area contributed by atoms with E-state index in [1.54, 1.807) is 24.3 Å². The zero-order chi connectivity index (χ0) is 13.5. The number of nitrogens with zero attached hydrogens (tertiary/aromatic N) is 1. The first-order valence-corrected chi connectivity index (χ1v) is 5.29. The van der Waals surface area contributed by atoms with Crippen LogP contribution in [0.4, 0.5) is 5.69 Å². The molecule has 0 N–H and O–H groups in total. The number of hydrogen-bond donors (Lipinski definition) is 0. The molecule has 0 fully saturated rings. The van der Waals surface area contributed by atoms with Crippen LogP contribution in [0.15, 0.2) is 37.1 Å². The first kappa shape index (κ1) is 13.8. The van der Waals surface area contributed by atoms with E-state index < -0.39 is 18.5 Å². The van der Waals surface area contributed by atoms with Gasteiger partial charge in [-0.1, -0.05) is 6.58 Å². The van der Waals surface area contributed by atoms with E-state index in [0.717, 1.165) is 11.9 Å².